The second kappa shape index (κ2) is 6.42. The van der Waals surface area contributed by atoms with Crippen LogP contribution < -0.4 is 10.6 Å². The zero-order chi connectivity index (χ0) is 16.4. The van der Waals surface area contributed by atoms with Crippen LogP contribution in [0.5, 0.6) is 0 Å². The largest absolute Gasteiger partial charge is 0.465 e. The molecule has 120 valence electrons. The molecule has 1 aliphatic carbocycles. The summed E-state index contributed by atoms with van der Waals surface area (Å²) in [5, 5.41) is 6.89. The SMILES string of the molecule is COC(=O)c1ccc(Cl)c(Nc2cc(C)nc(NC3CC3)n2)c1. The van der Waals surface area contributed by atoms with Gasteiger partial charge in [-0.05, 0) is 38.0 Å². The van der Waals surface area contributed by atoms with Gasteiger partial charge in [0.2, 0.25) is 5.95 Å². The highest BCUT2D eigenvalue weighted by Crippen LogP contribution is 2.28. The monoisotopic (exact) mass is 332 g/mol. The number of nitrogens with zero attached hydrogens (tertiary/aromatic N) is 2. The third kappa shape index (κ3) is 3.90. The van der Waals surface area contributed by atoms with Crippen molar-refractivity contribution in [2.75, 3.05) is 17.7 Å². The molecule has 0 atom stereocenters. The van der Waals surface area contributed by atoms with Crippen molar-refractivity contribution in [3.63, 3.8) is 0 Å². The molecule has 2 N–H and O–H groups in total. The normalized spacial score (nSPS) is 13.5. The molecule has 1 heterocycles. The molecule has 0 radical (unpaired) electrons. The lowest BCUT2D eigenvalue weighted by atomic mass is 10.2. The molecular weight excluding hydrogens is 316 g/mol. The predicted molar refractivity (Wildman–Crippen MR) is 89.5 cm³/mol. The van der Waals surface area contributed by atoms with E-state index in [9.17, 15) is 4.79 Å². The zero-order valence-electron chi connectivity index (χ0n) is 12.9. The summed E-state index contributed by atoms with van der Waals surface area (Å²) < 4.78 is 4.72. The fourth-order valence-corrected chi connectivity index (χ4v) is 2.28. The fourth-order valence-electron chi connectivity index (χ4n) is 2.11. The summed E-state index contributed by atoms with van der Waals surface area (Å²) in [6, 6.07) is 7.19. The molecule has 3 rings (SSSR count). The predicted octanol–water partition coefficient (Wildman–Crippen LogP) is 3.54. The van der Waals surface area contributed by atoms with Crippen molar-refractivity contribution in [2.24, 2.45) is 0 Å². The van der Waals surface area contributed by atoms with Crippen molar-refractivity contribution in [3.8, 4) is 0 Å². The Morgan fingerprint density at radius 2 is 2.09 bits per heavy atom. The van der Waals surface area contributed by atoms with E-state index in [1.54, 1.807) is 18.2 Å². The number of halogens is 1. The van der Waals surface area contributed by atoms with E-state index in [0.29, 0.717) is 34.1 Å². The van der Waals surface area contributed by atoms with Gasteiger partial charge in [-0.15, -0.1) is 0 Å². The van der Waals surface area contributed by atoms with Gasteiger partial charge in [-0.2, -0.15) is 4.98 Å². The maximum atomic E-state index is 11.6. The van der Waals surface area contributed by atoms with Crippen molar-refractivity contribution in [1.82, 2.24) is 9.97 Å². The van der Waals surface area contributed by atoms with Crippen LogP contribution in [0.1, 0.15) is 28.9 Å². The fraction of sp³-hybridized carbons (Fsp3) is 0.312. The lowest BCUT2D eigenvalue weighted by molar-refractivity contribution is 0.0601. The van der Waals surface area contributed by atoms with Gasteiger partial charge in [0.25, 0.3) is 0 Å². The van der Waals surface area contributed by atoms with E-state index in [0.717, 1.165) is 18.5 Å². The Morgan fingerprint density at radius 1 is 1.30 bits per heavy atom. The Balaban J connectivity index is 1.85. The number of methoxy groups -OCH3 is 1. The standard InChI is InChI=1S/C16H17ClN4O2/c1-9-7-14(21-16(18-9)19-11-4-5-11)20-13-8-10(15(22)23-2)3-6-12(13)17/h3,6-8,11H,4-5H2,1-2H3,(H2,18,19,20,21). The summed E-state index contributed by atoms with van der Waals surface area (Å²) in [4.78, 5) is 20.4. The molecule has 0 unspecified atom stereocenters. The number of anilines is 3. The van der Waals surface area contributed by atoms with E-state index in [2.05, 4.69) is 20.6 Å². The third-order valence-corrected chi connectivity index (χ3v) is 3.74. The second-order valence-electron chi connectivity index (χ2n) is 5.45. The molecule has 1 saturated carbocycles. The molecule has 0 saturated heterocycles. The molecule has 0 bridgehead atoms. The Morgan fingerprint density at radius 3 is 2.78 bits per heavy atom. The average Bonchev–Trinajstić information content (AvgIpc) is 3.32. The zero-order valence-corrected chi connectivity index (χ0v) is 13.6. The van der Waals surface area contributed by atoms with Crippen LogP contribution in [0.4, 0.5) is 17.5 Å². The van der Waals surface area contributed by atoms with Gasteiger partial charge in [-0.25, -0.2) is 9.78 Å². The number of nitrogens with one attached hydrogen (secondary N) is 2. The van der Waals surface area contributed by atoms with Crippen LogP contribution in [-0.4, -0.2) is 29.1 Å². The molecule has 2 aromatic rings. The molecule has 6 nitrogen and oxygen atoms in total. The number of hydrogen-bond donors (Lipinski definition) is 2. The highest BCUT2D eigenvalue weighted by molar-refractivity contribution is 6.33. The topological polar surface area (TPSA) is 76.1 Å². The number of rotatable bonds is 5. The molecule has 0 aliphatic heterocycles. The number of aryl methyl sites for hydroxylation is 1. The maximum absolute atomic E-state index is 11.6. The van der Waals surface area contributed by atoms with Crippen molar-refractivity contribution < 1.29 is 9.53 Å². The summed E-state index contributed by atoms with van der Waals surface area (Å²) in [6.45, 7) is 1.90. The minimum Gasteiger partial charge on any atom is -0.465 e. The Kier molecular flexibility index (Phi) is 4.34. The summed E-state index contributed by atoms with van der Waals surface area (Å²) in [5.74, 6) is 0.791. The lowest BCUT2D eigenvalue weighted by Crippen LogP contribution is -2.08. The molecule has 1 fully saturated rings. The summed E-state index contributed by atoms with van der Waals surface area (Å²) >= 11 is 6.19. The minimum atomic E-state index is -0.417. The number of benzene rings is 1. The maximum Gasteiger partial charge on any atom is 0.337 e. The van der Waals surface area contributed by atoms with E-state index in [1.807, 2.05) is 13.0 Å². The van der Waals surface area contributed by atoms with Gasteiger partial charge >= 0.3 is 5.97 Å². The van der Waals surface area contributed by atoms with Gasteiger partial charge < -0.3 is 15.4 Å². The van der Waals surface area contributed by atoms with Crippen molar-refractivity contribution >= 4 is 35.0 Å². The van der Waals surface area contributed by atoms with Gasteiger partial charge in [-0.3, -0.25) is 0 Å². The van der Waals surface area contributed by atoms with Crippen LogP contribution in [0.3, 0.4) is 0 Å². The van der Waals surface area contributed by atoms with Gasteiger partial charge in [0.15, 0.2) is 0 Å². The van der Waals surface area contributed by atoms with E-state index >= 15 is 0 Å². The molecular formula is C16H17ClN4O2. The van der Waals surface area contributed by atoms with Crippen molar-refractivity contribution in [3.05, 3.63) is 40.5 Å². The number of aromatic nitrogens is 2. The van der Waals surface area contributed by atoms with E-state index in [1.165, 1.54) is 7.11 Å². The number of carbonyl (C=O) groups excluding carboxylic acids is 1. The van der Waals surface area contributed by atoms with Gasteiger partial charge in [0.1, 0.15) is 5.82 Å². The summed E-state index contributed by atoms with van der Waals surface area (Å²) in [5.41, 5.74) is 1.84. The quantitative estimate of drug-likeness (QED) is 0.815. The van der Waals surface area contributed by atoms with E-state index in [-0.39, 0.29) is 0 Å². The van der Waals surface area contributed by atoms with Gasteiger partial charge in [-0.1, -0.05) is 11.6 Å². The molecule has 0 amide bonds. The lowest BCUT2D eigenvalue weighted by Gasteiger charge is -2.11. The first-order valence-electron chi connectivity index (χ1n) is 7.32. The molecule has 1 aliphatic rings. The first-order chi connectivity index (χ1) is 11.0. The summed E-state index contributed by atoms with van der Waals surface area (Å²) in [6.07, 6.45) is 2.29. The smallest absolute Gasteiger partial charge is 0.337 e. The molecule has 1 aromatic heterocycles. The Labute approximate surface area is 139 Å². The van der Waals surface area contributed by atoms with Crippen LogP contribution in [0.25, 0.3) is 0 Å². The van der Waals surface area contributed by atoms with Crippen molar-refractivity contribution in [2.45, 2.75) is 25.8 Å². The third-order valence-electron chi connectivity index (χ3n) is 3.41. The first kappa shape index (κ1) is 15.6. The minimum absolute atomic E-state index is 0.417. The summed E-state index contributed by atoms with van der Waals surface area (Å²) in [7, 11) is 1.34. The number of carbonyl (C=O) groups is 1. The van der Waals surface area contributed by atoms with Crippen LogP contribution >= 0.6 is 11.6 Å². The van der Waals surface area contributed by atoms with Crippen LogP contribution in [0.15, 0.2) is 24.3 Å². The van der Waals surface area contributed by atoms with Crippen LogP contribution in [0, 0.1) is 6.92 Å². The highest BCUT2D eigenvalue weighted by atomic mass is 35.5. The molecule has 0 spiro atoms. The number of ether oxygens (including phenoxy) is 1. The van der Waals surface area contributed by atoms with E-state index in [4.69, 9.17) is 16.3 Å². The first-order valence-corrected chi connectivity index (χ1v) is 7.70. The average molecular weight is 333 g/mol. The van der Waals surface area contributed by atoms with Gasteiger partial charge in [0.05, 0.1) is 23.4 Å². The van der Waals surface area contributed by atoms with Crippen LogP contribution in [0.2, 0.25) is 5.02 Å². The number of hydrogen-bond acceptors (Lipinski definition) is 6. The Bertz CT molecular complexity index is 747. The molecule has 1 aromatic carbocycles. The van der Waals surface area contributed by atoms with Crippen molar-refractivity contribution in [1.29, 1.82) is 0 Å². The number of esters is 1. The Hall–Kier alpha value is -2.34. The molecule has 7 heteroatoms. The van der Waals surface area contributed by atoms with E-state index < -0.39 is 5.97 Å². The van der Waals surface area contributed by atoms with Gasteiger partial charge in [0, 0.05) is 17.8 Å². The highest BCUT2D eigenvalue weighted by Gasteiger charge is 2.22. The molecule has 23 heavy (non-hydrogen) atoms. The second-order valence-corrected chi connectivity index (χ2v) is 5.86. The van der Waals surface area contributed by atoms with Crippen LogP contribution in [-0.2, 0) is 4.74 Å².